The highest BCUT2D eigenvalue weighted by molar-refractivity contribution is 5.97. The number of aliphatic hydroxyl groups is 2. The van der Waals surface area contributed by atoms with Gasteiger partial charge in [0.25, 0.3) is 0 Å². The fourth-order valence-electron chi connectivity index (χ4n) is 6.97. The molecule has 4 aliphatic carbocycles. The van der Waals surface area contributed by atoms with Gasteiger partial charge >= 0.3 is 0 Å². The van der Waals surface area contributed by atoms with Crippen molar-refractivity contribution in [1.29, 1.82) is 0 Å². The van der Waals surface area contributed by atoms with E-state index in [9.17, 15) is 15.0 Å². The van der Waals surface area contributed by atoms with Gasteiger partial charge in [-0.05, 0) is 75.0 Å². The number of ketones is 1. The Labute approximate surface area is 186 Å². The van der Waals surface area contributed by atoms with Crippen LogP contribution in [0.15, 0.2) is 30.3 Å². The molecular weight excluding hydrogens is 388 g/mol. The summed E-state index contributed by atoms with van der Waals surface area (Å²) in [7, 11) is 0. The number of carbonyl (C=O) groups excluding carboxylic acids is 1. The second-order valence-corrected chi connectivity index (χ2v) is 11.2. The van der Waals surface area contributed by atoms with Crippen LogP contribution in [0.2, 0.25) is 0 Å². The van der Waals surface area contributed by atoms with Gasteiger partial charge in [-0.2, -0.15) is 0 Å². The molecule has 1 aromatic rings. The van der Waals surface area contributed by atoms with Gasteiger partial charge in [-0.3, -0.25) is 4.79 Å². The van der Waals surface area contributed by atoms with Crippen molar-refractivity contribution in [3.63, 3.8) is 0 Å². The Kier molecular flexibility index (Phi) is 6.60. The van der Waals surface area contributed by atoms with Crippen LogP contribution in [0.1, 0.15) is 87.4 Å². The highest BCUT2D eigenvalue weighted by Crippen LogP contribution is 2.53. The molecule has 0 radical (unpaired) electrons. The molecule has 0 heterocycles. The third kappa shape index (κ3) is 4.90. The van der Waals surface area contributed by atoms with Crippen molar-refractivity contribution in [2.24, 2.45) is 16.6 Å². The number of fused-ring (bicyclic) bond motifs is 4. The third-order valence-electron chi connectivity index (χ3n) is 8.86. The molecule has 0 saturated heterocycles. The summed E-state index contributed by atoms with van der Waals surface area (Å²) in [5.74, 6) is 0.159. The van der Waals surface area contributed by atoms with E-state index in [0.717, 1.165) is 63.4 Å². The highest BCUT2D eigenvalue weighted by Gasteiger charge is 2.50. The monoisotopic (exact) mass is 428 g/mol. The average molecular weight is 429 g/mol. The zero-order valence-corrected chi connectivity index (χ0v) is 18.9. The van der Waals surface area contributed by atoms with Crippen LogP contribution in [0.5, 0.6) is 0 Å². The summed E-state index contributed by atoms with van der Waals surface area (Å²) in [6.45, 7) is 1.06. The van der Waals surface area contributed by atoms with Crippen molar-refractivity contribution < 1.29 is 15.0 Å². The molecule has 5 nitrogen and oxygen atoms in total. The van der Waals surface area contributed by atoms with E-state index in [-0.39, 0.29) is 27.7 Å². The molecule has 172 valence electrons. The van der Waals surface area contributed by atoms with Crippen LogP contribution in [0.4, 0.5) is 0 Å². The summed E-state index contributed by atoms with van der Waals surface area (Å²) in [4.78, 5) is 12.2. The van der Waals surface area contributed by atoms with E-state index >= 15 is 0 Å². The zero-order valence-electron chi connectivity index (χ0n) is 18.9. The minimum absolute atomic E-state index is 0.0887. The van der Waals surface area contributed by atoms with E-state index in [2.05, 4.69) is 5.32 Å². The van der Waals surface area contributed by atoms with Crippen molar-refractivity contribution in [2.75, 3.05) is 19.8 Å². The van der Waals surface area contributed by atoms with Gasteiger partial charge in [0.2, 0.25) is 0 Å². The fraction of sp³-hybridized carbons (Fsp3) is 0.731. The number of Topliss-reactive ketones (excluding diaryl/α,β-unsaturated/α-hetero) is 1. The Morgan fingerprint density at radius 3 is 2.16 bits per heavy atom. The summed E-state index contributed by atoms with van der Waals surface area (Å²) in [5.41, 5.74) is 7.47. The third-order valence-corrected chi connectivity index (χ3v) is 8.86. The van der Waals surface area contributed by atoms with E-state index in [1.807, 2.05) is 30.3 Å². The number of benzene rings is 1. The number of aliphatic hydroxyl groups excluding tert-OH is 2. The van der Waals surface area contributed by atoms with Crippen LogP contribution in [-0.4, -0.2) is 46.8 Å². The molecule has 4 bridgehead atoms. The Bertz CT molecular complexity index is 771. The van der Waals surface area contributed by atoms with E-state index in [1.54, 1.807) is 0 Å². The first-order chi connectivity index (χ1) is 14.9. The summed E-state index contributed by atoms with van der Waals surface area (Å²) >= 11 is 0. The van der Waals surface area contributed by atoms with Crippen LogP contribution in [-0.2, 0) is 0 Å². The topological polar surface area (TPSA) is 95.6 Å². The number of nitrogens with one attached hydrogen (secondary N) is 1. The Balaban J connectivity index is 0.000000177. The summed E-state index contributed by atoms with van der Waals surface area (Å²) in [6.07, 6.45) is 13.6. The van der Waals surface area contributed by atoms with E-state index < -0.39 is 0 Å². The van der Waals surface area contributed by atoms with Crippen LogP contribution in [0, 0.1) is 10.8 Å². The maximum absolute atomic E-state index is 12.2. The van der Waals surface area contributed by atoms with Gasteiger partial charge in [-0.25, -0.2) is 0 Å². The smallest absolute Gasteiger partial charge is 0.176 e. The van der Waals surface area contributed by atoms with Gasteiger partial charge in [0, 0.05) is 29.9 Å². The number of carbonyl (C=O) groups is 1. The average Bonchev–Trinajstić information content (AvgIpc) is 3.22. The molecule has 5 rings (SSSR count). The summed E-state index contributed by atoms with van der Waals surface area (Å²) < 4.78 is 0. The predicted octanol–water partition coefficient (Wildman–Crippen LogP) is 3.57. The van der Waals surface area contributed by atoms with Crippen molar-refractivity contribution in [2.45, 2.75) is 88.1 Å². The predicted molar refractivity (Wildman–Crippen MR) is 123 cm³/mol. The van der Waals surface area contributed by atoms with Gasteiger partial charge in [-0.1, -0.05) is 43.2 Å². The van der Waals surface area contributed by atoms with Crippen LogP contribution in [0.3, 0.4) is 0 Å². The molecule has 0 amide bonds. The van der Waals surface area contributed by atoms with Gasteiger partial charge in [0.1, 0.15) is 0 Å². The molecule has 5 N–H and O–H groups in total. The van der Waals surface area contributed by atoms with Gasteiger partial charge in [0.05, 0.1) is 6.54 Å². The molecule has 5 heteroatoms. The highest BCUT2D eigenvalue weighted by atomic mass is 16.3. The molecule has 31 heavy (non-hydrogen) atoms. The summed E-state index contributed by atoms with van der Waals surface area (Å²) in [5, 5.41) is 22.4. The minimum Gasteiger partial charge on any atom is -0.396 e. The van der Waals surface area contributed by atoms with Crippen molar-refractivity contribution in [1.82, 2.24) is 5.32 Å². The molecule has 4 unspecified atom stereocenters. The lowest BCUT2D eigenvalue weighted by molar-refractivity contribution is 0.0800. The van der Waals surface area contributed by atoms with Crippen LogP contribution in [0.25, 0.3) is 0 Å². The van der Waals surface area contributed by atoms with Crippen molar-refractivity contribution in [3.05, 3.63) is 35.9 Å². The minimum atomic E-state index is 0.0887. The standard InChI is InChI=1S/C17H23NO2.C9H17NO/c19-13-16-7-4-8-17(12-16,10-9-16)18-11-15(20)14-5-2-1-3-6-14;10-9-3-1-2-8(6-9,7-11)4-5-9/h1-3,5-6,18-19H,4,7-13H2;11H,1-7,10H2. The van der Waals surface area contributed by atoms with Crippen molar-refractivity contribution >= 4 is 5.78 Å². The first kappa shape index (κ1) is 22.9. The lowest BCUT2D eigenvalue weighted by atomic mass is 9.73. The van der Waals surface area contributed by atoms with Gasteiger partial charge in [-0.15, -0.1) is 0 Å². The molecule has 1 aromatic carbocycles. The quantitative estimate of drug-likeness (QED) is 0.520. The van der Waals surface area contributed by atoms with E-state index in [0.29, 0.717) is 19.8 Å². The number of hydrogen-bond acceptors (Lipinski definition) is 5. The second kappa shape index (κ2) is 8.93. The summed E-state index contributed by atoms with van der Waals surface area (Å²) in [6, 6.07) is 9.47. The number of nitrogens with two attached hydrogens (primary N) is 1. The molecule has 0 aliphatic heterocycles. The molecule has 4 atom stereocenters. The van der Waals surface area contributed by atoms with Crippen LogP contribution >= 0.6 is 0 Å². The fourth-order valence-corrected chi connectivity index (χ4v) is 6.97. The van der Waals surface area contributed by atoms with Crippen LogP contribution < -0.4 is 11.1 Å². The number of hydrogen-bond donors (Lipinski definition) is 4. The second-order valence-electron chi connectivity index (χ2n) is 11.2. The molecule has 0 spiro atoms. The lowest BCUT2D eigenvalue weighted by Gasteiger charge is -2.39. The first-order valence-corrected chi connectivity index (χ1v) is 12.2. The SMILES string of the molecule is NC12CCCC(CO)(CC1)C2.O=C(CNC12CCCC(CO)(CC1)C2)c1ccccc1. The Hall–Kier alpha value is -1.27. The molecule has 4 saturated carbocycles. The van der Waals surface area contributed by atoms with Crippen molar-refractivity contribution in [3.8, 4) is 0 Å². The van der Waals surface area contributed by atoms with Gasteiger partial charge in [0.15, 0.2) is 5.78 Å². The van der Waals surface area contributed by atoms with Gasteiger partial charge < -0.3 is 21.3 Å². The molecule has 0 aromatic heterocycles. The van der Waals surface area contributed by atoms with E-state index in [1.165, 1.54) is 19.3 Å². The Morgan fingerprint density at radius 2 is 1.48 bits per heavy atom. The zero-order chi connectivity index (χ0) is 22.0. The van der Waals surface area contributed by atoms with E-state index in [4.69, 9.17) is 5.73 Å². The molecule has 4 fully saturated rings. The lowest BCUT2D eigenvalue weighted by Crippen LogP contribution is -2.48. The molecular formula is C26H40N2O3. The maximum Gasteiger partial charge on any atom is 0.176 e. The number of rotatable bonds is 6. The Morgan fingerprint density at radius 1 is 0.839 bits per heavy atom. The maximum atomic E-state index is 12.2. The largest absolute Gasteiger partial charge is 0.396 e. The normalized spacial score (nSPS) is 38.4. The first-order valence-electron chi connectivity index (χ1n) is 12.2. The molecule has 4 aliphatic rings.